The van der Waals surface area contributed by atoms with Crippen molar-refractivity contribution in [3.8, 4) is 0 Å². The Kier molecular flexibility index (Phi) is 8.26. The Hall–Kier alpha value is -3.27. The summed E-state index contributed by atoms with van der Waals surface area (Å²) < 4.78 is 39.8. The van der Waals surface area contributed by atoms with Crippen LogP contribution in [0.2, 0.25) is 0 Å². The second-order valence-corrected chi connectivity index (χ2v) is 10.3. The molecule has 0 aliphatic carbocycles. The third-order valence-corrected chi connectivity index (χ3v) is 7.93. The summed E-state index contributed by atoms with van der Waals surface area (Å²) in [5.41, 5.74) is 0.689. The van der Waals surface area contributed by atoms with Crippen molar-refractivity contribution in [1.29, 1.82) is 0 Å². The molecule has 0 aromatic heterocycles. The quantitative estimate of drug-likeness (QED) is 0.537. The Bertz CT molecular complexity index is 1200. The minimum absolute atomic E-state index is 0.0342. The summed E-state index contributed by atoms with van der Waals surface area (Å²) in [5.74, 6) is -1.92. The van der Waals surface area contributed by atoms with E-state index in [1.165, 1.54) is 47.4 Å². The number of fused-ring (bicyclic) bond motifs is 1. The van der Waals surface area contributed by atoms with Crippen molar-refractivity contribution in [2.45, 2.75) is 63.6 Å². The third-order valence-electron chi connectivity index (χ3n) is 6.09. The van der Waals surface area contributed by atoms with Crippen molar-refractivity contribution >= 4 is 27.7 Å². The van der Waals surface area contributed by atoms with E-state index >= 15 is 0 Å². The van der Waals surface area contributed by atoms with Gasteiger partial charge in [-0.25, -0.2) is 17.1 Å². The summed E-state index contributed by atoms with van der Waals surface area (Å²) in [5, 5.41) is 2.89. The fourth-order valence-corrected chi connectivity index (χ4v) is 5.51. The van der Waals surface area contributed by atoms with Gasteiger partial charge in [-0.2, -0.15) is 0 Å². The van der Waals surface area contributed by atoms with Crippen LogP contribution in [0.15, 0.2) is 53.4 Å². The van der Waals surface area contributed by atoms with Gasteiger partial charge in [0.2, 0.25) is 11.8 Å². The molecule has 8 nitrogen and oxygen atoms in total. The predicted octanol–water partition coefficient (Wildman–Crippen LogP) is 3.08. The number of carbonyl (C=O) groups excluding carboxylic acids is 3. The van der Waals surface area contributed by atoms with Crippen LogP contribution in [0, 0.1) is 5.82 Å². The summed E-state index contributed by atoms with van der Waals surface area (Å²) >= 11 is 0. The van der Waals surface area contributed by atoms with Crippen molar-refractivity contribution in [3.05, 3.63) is 65.5 Å². The van der Waals surface area contributed by atoms with Gasteiger partial charge in [0.15, 0.2) is 0 Å². The van der Waals surface area contributed by atoms with Gasteiger partial charge in [0, 0.05) is 25.6 Å². The van der Waals surface area contributed by atoms with Crippen LogP contribution in [-0.2, 0) is 26.2 Å². The average molecular weight is 504 g/mol. The molecule has 0 unspecified atom stereocenters. The van der Waals surface area contributed by atoms with E-state index < -0.39 is 33.7 Å². The zero-order valence-electron chi connectivity index (χ0n) is 20.0. The van der Waals surface area contributed by atoms with E-state index in [9.17, 15) is 27.2 Å². The molecule has 0 saturated heterocycles. The standard InChI is InChI=1S/C25H30FN3O5S/c1-4-17(3)27-24(31)21(5-2)28(16-18-10-12-19(26)13-11-18)23(30)14-15-29-25(32)20-8-6-7-9-22(20)35(29,33)34/h6-13,17,21H,4-5,14-16H2,1-3H3,(H,27,31)/t17-,21+/m0/s1. The molecule has 35 heavy (non-hydrogen) atoms. The Balaban J connectivity index is 1.82. The third kappa shape index (κ3) is 5.70. The fourth-order valence-electron chi connectivity index (χ4n) is 3.94. The highest BCUT2D eigenvalue weighted by Gasteiger charge is 2.41. The maximum Gasteiger partial charge on any atom is 0.269 e. The van der Waals surface area contributed by atoms with Gasteiger partial charge in [-0.15, -0.1) is 0 Å². The second-order valence-electron chi connectivity index (χ2n) is 8.52. The maximum absolute atomic E-state index is 13.4. The molecule has 3 rings (SSSR count). The lowest BCUT2D eigenvalue weighted by atomic mass is 10.1. The van der Waals surface area contributed by atoms with Crippen LogP contribution >= 0.6 is 0 Å². The number of rotatable bonds is 10. The van der Waals surface area contributed by atoms with Gasteiger partial charge in [0.25, 0.3) is 15.9 Å². The van der Waals surface area contributed by atoms with Crippen LogP contribution in [0.4, 0.5) is 4.39 Å². The maximum atomic E-state index is 13.4. The molecule has 1 heterocycles. The first kappa shape index (κ1) is 26.3. The lowest BCUT2D eigenvalue weighted by Gasteiger charge is -2.32. The summed E-state index contributed by atoms with van der Waals surface area (Å²) in [6, 6.07) is 10.6. The predicted molar refractivity (Wildman–Crippen MR) is 128 cm³/mol. The summed E-state index contributed by atoms with van der Waals surface area (Å²) in [6.45, 7) is 5.25. The van der Waals surface area contributed by atoms with Gasteiger partial charge in [-0.05, 0) is 49.6 Å². The number of nitrogens with one attached hydrogen (secondary N) is 1. The van der Waals surface area contributed by atoms with Gasteiger partial charge in [-0.1, -0.05) is 38.1 Å². The van der Waals surface area contributed by atoms with E-state index in [0.717, 1.165) is 0 Å². The highest BCUT2D eigenvalue weighted by Crippen LogP contribution is 2.30. The van der Waals surface area contributed by atoms with Crippen LogP contribution in [-0.4, -0.2) is 54.0 Å². The number of hydrogen-bond acceptors (Lipinski definition) is 5. The van der Waals surface area contributed by atoms with Gasteiger partial charge >= 0.3 is 0 Å². The first-order valence-corrected chi connectivity index (χ1v) is 13.0. The monoisotopic (exact) mass is 503 g/mol. The molecule has 10 heteroatoms. The Morgan fingerprint density at radius 3 is 2.31 bits per heavy atom. The average Bonchev–Trinajstić information content (AvgIpc) is 3.03. The smallest absolute Gasteiger partial charge is 0.269 e. The SMILES string of the molecule is CC[C@H](C(=O)N[C@@H](C)CC)N(Cc1ccc(F)cc1)C(=O)CCN1C(=O)c2ccccc2S1(=O)=O. The van der Waals surface area contributed by atoms with Crippen molar-refractivity contribution in [1.82, 2.24) is 14.5 Å². The molecule has 0 radical (unpaired) electrons. The molecule has 0 bridgehead atoms. The van der Waals surface area contributed by atoms with E-state index in [4.69, 9.17) is 0 Å². The largest absolute Gasteiger partial charge is 0.352 e. The highest BCUT2D eigenvalue weighted by molar-refractivity contribution is 7.90. The molecule has 1 N–H and O–H groups in total. The van der Waals surface area contributed by atoms with Gasteiger partial charge in [-0.3, -0.25) is 14.4 Å². The number of carbonyl (C=O) groups is 3. The van der Waals surface area contributed by atoms with Crippen LogP contribution in [0.5, 0.6) is 0 Å². The lowest BCUT2D eigenvalue weighted by Crippen LogP contribution is -2.51. The molecule has 0 spiro atoms. The number of sulfonamides is 1. The van der Waals surface area contributed by atoms with E-state index in [-0.39, 0.29) is 41.9 Å². The normalized spacial score (nSPS) is 15.9. The molecule has 0 saturated carbocycles. The van der Waals surface area contributed by atoms with Gasteiger partial charge < -0.3 is 10.2 Å². The van der Waals surface area contributed by atoms with E-state index in [1.807, 2.05) is 13.8 Å². The zero-order valence-corrected chi connectivity index (χ0v) is 20.8. The molecule has 2 aromatic carbocycles. The number of amides is 3. The highest BCUT2D eigenvalue weighted by atomic mass is 32.2. The number of benzene rings is 2. The summed E-state index contributed by atoms with van der Waals surface area (Å²) in [6.07, 6.45) is 0.735. The summed E-state index contributed by atoms with van der Waals surface area (Å²) in [7, 11) is -4.05. The second kappa shape index (κ2) is 11.0. The van der Waals surface area contributed by atoms with Crippen LogP contribution in [0.25, 0.3) is 0 Å². The fraction of sp³-hybridized carbons (Fsp3) is 0.400. The number of nitrogens with zero attached hydrogens (tertiary/aromatic N) is 2. The van der Waals surface area contributed by atoms with Gasteiger partial charge in [0.1, 0.15) is 16.8 Å². The number of hydrogen-bond donors (Lipinski definition) is 1. The molecular weight excluding hydrogens is 473 g/mol. The molecule has 2 atom stereocenters. The Morgan fingerprint density at radius 1 is 1.06 bits per heavy atom. The Labute approximate surface area is 205 Å². The Morgan fingerprint density at radius 2 is 1.71 bits per heavy atom. The van der Waals surface area contributed by atoms with Crippen LogP contribution in [0.3, 0.4) is 0 Å². The van der Waals surface area contributed by atoms with Gasteiger partial charge in [0.05, 0.1) is 5.56 Å². The van der Waals surface area contributed by atoms with E-state index in [0.29, 0.717) is 22.7 Å². The van der Waals surface area contributed by atoms with Crippen LogP contribution < -0.4 is 5.32 Å². The first-order chi connectivity index (χ1) is 16.6. The summed E-state index contributed by atoms with van der Waals surface area (Å²) in [4.78, 5) is 40.3. The van der Waals surface area contributed by atoms with Crippen molar-refractivity contribution in [3.63, 3.8) is 0 Å². The molecule has 3 amide bonds. The minimum atomic E-state index is -4.05. The van der Waals surface area contributed by atoms with Crippen molar-refractivity contribution in [2.24, 2.45) is 0 Å². The van der Waals surface area contributed by atoms with E-state index in [2.05, 4.69) is 5.32 Å². The molecule has 0 fully saturated rings. The molecule has 2 aromatic rings. The molecule has 1 aliphatic heterocycles. The first-order valence-electron chi connectivity index (χ1n) is 11.6. The topological polar surface area (TPSA) is 104 Å². The zero-order chi connectivity index (χ0) is 25.8. The molecule has 188 valence electrons. The van der Waals surface area contributed by atoms with E-state index in [1.54, 1.807) is 13.0 Å². The van der Waals surface area contributed by atoms with Crippen molar-refractivity contribution in [2.75, 3.05) is 6.54 Å². The molecule has 1 aliphatic rings. The number of halogens is 1. The minimum Gasteiger partial charge on any atom is -0.352 e. The lowest BCUT2D eigenvalue weighted by molar-refractivity contribution is -0.141. The molecular formula is C25H30FN3O5S. The van der Waals surface area contributed by atoms with Crippen LogP contribution in [0.1, 0.15) is 56.0 Å². The van der Waals surface area contributed by atoms with Crippen molar-refractivity contribution < 1.29 is 27.2 Å².